The van der Waals surface area contributed by atoms with Crippen LogP contribution in [-0.2, 0) is 14.6 Å². The normalized spacial score (nSPS) is 10.9. The second-order valence-electron chi connectivity index (χ2n) is 5.29. The maximum absolute atomic E-state index is 12.2. The lowest BCUT2D eigenvalue weighted by molar-refractivity contribution is -0.115. The van der Waals surface area contributed by atoms with Crippen molar-refractivity contribution in [1.29, 1.82) is 0 Å². The Balaban J connectivity index is 2.07. The van der Waals surface area contributed by atoms with Gasteiger partial charge in [-0.1, -0.05) is 30.3 Å². The van der Waals surface area contributed by atoms with E-state index in [0.717, 1.165) is 6.26 Å². The smallest absolute Gasteiger partial charge is 0.255 e. The van der Waals surface area contributed by atoms with Gasteiger partial charge < -0.3 is 10.6 Å². The van der Waals surface area contributed by atoms with Gasteiger partial charge in [-0.3, -0.25) is 9.59 Å². The van der Waals surface area contributed by atoms with Crippen molar-refractivity contribution in [3.05, 3.63) is 60.2 Å². The zero-order valence-electron chi connectivity index (χ0n) is 13.2. The van der Waals surface area contributed by atoms with Crippen molar-refractivity contribution in [3.8, 4) is 0 Å². The highest BCUT2D eigenvalue weighted by molar-refractivity contribution is 7.90. The number of nitrogens with one attached hydrogen (secondary N) is 2. The number of carbonyl (C=O) groups is 2. The molecular weight excluding hydrogens is 328 g/mol. The van der Waals surface area contributed by atoms with Crippen molar-refractivity contribution in [2.45, 2.75) is 6.42 Å². The summed E-state index contributed by atoms with van der Waals surface area (Å²) in [7, 11) is -3.21. The Bertz CT molecular complexity index is 833. The molecule has 0 heterocycles. The lowest BCUT2D eigenvalue weighted by Gasteiger charge is -2.12. The maximum Gasteiger partial charge on any atom is 0.255 e. The van der Waals surface area contributed by atoms with E-state index in [1.165, 1.54) is 0 Å². The lowest BCUT2D eigenvalue weighted by atomic mass is 10.2. The second-order valence-corrected chi connectivity index (χ2v) is 7.55. The Morgan fingerprint density at radius 3 is 2.00 bits per heavy atom. The van der Waals surface area contributed by atoms with Crippen LogP contribution in [0.1, 0.15) is 16.8 Å². The lowest BCUT2D eigenvalue weighted by Crippen LogP contribution is -2.18. The van der Waals surface area contributed by atoms with Gasteiger partial charge in [0.2, 0.25) is 5.91 Å². The van der Waals surface area contributed by atoms with Crippen LogP contribution < -0.4 is 10.6 Å². The van der Waals surface area contributed by atoms with E-state index in [1.807, 2.05) is 6.07 Å². The van der Waals surface area contributed by atoms with Gasteiger partial charge in [-0.25, -0.2) is 8.42 Å². The third-order valence-corrected chi connectivity index (χ3v) is 4.13. The summed E-state index contributed by atoms with van der Waals surface area (Å²) < 4.78 is 22.2. The number of carbonyl (C=O) groups excluding carboxylic acids is 2. The summed E-state index contributed by atoms with van der Waals surface area (Å²) in [4.78, 5) is 24.1. The fraction of sp³-hybridized carbons (Fsp3) is 0.176. The van der Waals surface area contributed by atoms with E-state index in [0.29, 0.717) is 16.9 Å². The van der Waals surface area contributed by atoms with Gasteiger partial charge in [0.15, 0.2) is 0 Å². The van der Waals surface area contributed by atoms with Gasteiger partial charge in [0.1, 0.15) is 9.84 Å². The van der Waals surface area contributed by atoms with Gasteiger partial charge in [-0.05, 0) is 24.3 Å². The van der Waals surface area contributed by atoms with Crippen LogP contribution in [-0.4, -0.2) is 32.2 Å². The summed E-state index contributed by atoms with van der Waals surface area (Å²) in [6, 6.07) is 15.4. The fourth-order valence-corrected chi connectivity index (χ4v) is 2.53. The van der Waals surface area contributed by atoms with Crippen LogP contribution in [0.5, 0.6) is 0 Å². The van der Waals surface area contributed by atoms with Crippen LogP contribution in [0.4, 0.5) is 11.4 Å². The number of hydrogen-bond donors (Lipinski definition) is 2. The first-order chi connectivity index (χ1) is 11.3. The Morgan fingerprint density at radius 1 is 0.875 bits per heavy atom. The van der Waals surface area contributed by atoms with Crippen LogP contribution in [0, 0.1) is 0 Å². The van der Waals surface area contributed by atoms with Crippen molar-refractivity contribution >= 4 is 33.0 Å². The number of rotatable bonds is 6. The van der Waals surface area contributed by atoms with Gasteiger partial charge in [0.05, 0.1) is 17.1 Å². The van der Waals surface area contributed by atoms with Crippen LogP contribution >= 0.6 is 0 Å². The average molecular weight is 346 g/mol. The van der Waals surface area contributed by atoms with E-state index in [1.54, 1.807) is 48.5 Å². The molecule has 0 aliphatic heterocycles. The Labute approximate surface area is 140 Å². The van der Waals surface area contributed by atoms with Crippen molar-refractivity contribution in [2.24, 2.45) is 0 Å². The average Bonchev–Trinajstić information content (AvgIpc) is 2.55. The first-order valence-electron chi connectivity index (χ1n) is 7.28. The Kier molecular flexibility index (Phi) is 5.70. The van der Waals surface area contributed by atoms with Gasteiger partial charge in [0, 0.05) is 18.2 Å². The molecule has 6 nitrogen and oxygen atoms in total. The van der Waals surface area contributed by atoms with Gasteiger partial charge >= 0.3 is 0 Å². The predicted molar refractivity (Wildman–Crippen MR) is 93.8 cm³/mol. The summed E-state index contributed by atoms with van der Waals surface area (Å²) in [6.07, 6.45) is 0.939. The van der Waals surface area contributed by atoms with Crippen LogP contribution in [0.3, 0.4) is 0 Å². The molecule has 0 saturated carbocycles. The number of para-hydroxylation sites is 2. The van der Waals surface area contributed by atoms with Gasteiger partial charge in [-0.2, -0.15) is 0 Å². The Hall–Kier alpha value is -2.67. The molecule has 2 aromatic carbocycles. The molecule has 0 bridgehead atoms. The zero-order chi connectivity index (χ0) is 17.6. The number of amides is 2. The number of sulfone groups is 1. The molecule has 2 amide bonds. The third-order valence-electron chi connectivity index (χ3n) is 3.19. The molecule has 0 radical (unpaired) electrons. The van der Waals surface area contributed by atoms with Crippen molar-refractivity contribution < 1.29 is 18.0 Å². The maximum atomic E-state index is 12.2. The highest BCUT2D eigenvalue weighted by Crippen LogP contribution is 2.22. The molecule has 24 heavy (non-hydrogen) atoms. The molecule has 0 aliphatic rings. The molecule has 0 fully saturated rings. The minimum absolute atomic E-state index is 0.139. The molecule has 0 aliphatic carbocycles. The van der Waals surface area contributed by atoms with E-state index >= 15 is 0 Å². The van der Waals surface area contributed by atoms with E-state index in [-0.39, 0.29) is 18.1 Å². The van der Waals surface area contributed by atoms with E-state index in [2.05, 4.69) is 10.6 Å². The number of anilines is 2. The SMILES string of the molecule is CS(=O)(=O)CCC(=O)Nc1ccccc1NC(=O)c1ccccc1. The van der Waals surface area contributed by atoms with Crippen LogP contribution in [0.2, 0.25) is 0 Å². The molecule has 0 atom stereocenters. The second kappa shape index (κ2) is 7.74. The molecule has 126 valence electrons. The van der Waals surface area contributed by atoms with E-state index in [9.17, 15) is 18.0 Å². The summed E-state index contributed by atoms with van der Waals surface area (Å²) >= 11 is 0. The highest BCUT2D eigenvalue weighted by atomic mass is 32.2. The molecule has 2 rings (SSSR count). The molecule has 0 spiro atoms. The number of benzene rings is 2. The molecular formula is C17H18N2O4S. The monoisotopic (exact) mass is 346 g/mol. The molecule has 0 saturated heterocycles. The molecule has 2 N–H and O–H groups in total. The molecule has 2 aromatic rings. The van der Waals surface area contributed by atoms with Crippen LogP contribution in [0.15, 0.2) is 54.6 Å². The van der Waals surface area contributed by atoms with Crippen molar-refractivity contribution in [3.63, 3.8) is 0 Å². The fourth-order valence-electron chi connectivity index (χ4n) is 1.98. The minimum Gasteiger partial charge on any atom is -0.324 e. The topological polar surface area (TPSA) is 92.3 Å². The molecule has 0 aromatic heterocycles. The standard InChI is InChI=1S/C17H18N2O4S/c1-24(22,23)12-11-16(20)18-14-9-5-6-10-15(14)19-17(21)13-7-3-2-4-8-13/h2-10H,11-12H2,1H3,(H,18,20)(H,19,21). The van der Waals surface area contributed by atoms with E-state index < -0.39 is 15.7 Å². The van der Waals surface area contributed by atoms with Crippen molar-refractivity contribution in [2.75, 3.05) is 22.6 Å². The largest absolute Gasteiger partial charge is 0.324 e. The summed E-state index contributed by atoms with van der Waals surface area (Å²) in [6.45, 7) is 0. The van der Waals surface area contributed by atoms with Crippen LogP contribution in [0.25, 0.3) is 0 Å². The number of hydrogen-bond acceptors (Lipinski definition) is 4. The highest BCUT2D eigenvalue weighted by Gasteiger charge is 2.12. The quantitative estimate of drug-likeness (QED) is 0.839. The Morgan fingerprint density at radius 2 is 1.42 bits per heavy atom. The van der Waals surface area contributed by atoms with Gasteiger partial charge in [0.25, 0.3) is 5.91 Å². The van der Waals surface area contributed by atoms with Crippen molar-refractivity contribution in [1.82, 2.24) is 0 Å². The molecule has 7 heteroatoms. The predicted octanol–water partition coefficient (Wildman–Crippen LogP) is 2.31. The third kappa shape index (κ3) is 5.51. The summed E-state index contributed by atoms with van der Waals surface area (Å²) in [5, 5.41) is 5.35. The first-order valence-corrected chi connectivity index (χ1v) is 9.34. The zero-order valence-corrected chi connectivity index (χ0v) is 14.0. The summed E-state index contributed by atoms with van der Waals surface area (Å²) in [5.74, 6) is -0.951. The molecule has 0 unspecified atom stereocenters. The minimum atomic E-state index is -3.21. The van der Waals surface area contributed by atoms with E-state index in [4.69, 9.17) is 0 Å². The summed E-state index contributed by atoms with van der Waals surface area (Å²) in [5.41, 5.74) is 1.36. The first kappa shape index (κ1) is 17.7. The van der Waals surface area contributed by atoms with Gasteiger partial charge in [-0.15, -0.1) is 0 Å².